The SMILES string of the molecule is COc1ccc2nc(-c3cc(Br)c(O)c(OC)c3)[nH]c2c1. The number of fused-ring (bicyclic) bond motifs is 1. The number of imidazole rings is 1. The normalized spacial score (nSPS) is 10.8. The van der Waals surface area contributed by atoms with Crippen LogP contribution in [0.2, 0.25) is 0 Å². The molecule has 0 fully saturated rings. The van der Waals surface area contributed by atoms with Crippen molar-refractivity contribution >= 4 is 27.0 Å². The minimum Gasteiger partial charge on any atom is -0.503 e. The Morgan fingerprint density at radius 2 is 1.95 bits per heavy atom. The van der Waals surface area contributed by atoms with Gasteiger partial charge in [-0.15, -0.1) is 0 Å². The van der Waals surface area contributed by atoms with Gasteiger partial charge in [0.1, 0.15) is 11.6 Å². The number of hydrogen-bond donors (Lipinski definition) is 2. The van der Waals surface area contributed by atoms with E-state index in [9.17, 15) is 5.11 Å². The molecule has 0 aliphatic heterocycles. The number of benzene rings is 2. The molecule has 3 rings (SSSR count). The van der Waals surface area contributed by atoms with E-state index in [0.717, 1.165) is 22.3 Å². The topological polar surface area (TPSA) is 67.4 Å². The average Bonchev–Trinajstić information content (AvgIpc) is 2.92. The largest absolute Gasteiger partial charge is 0.503 e. The lowest BCUT2D eigenvalue weighted by molar-refractivity contribution is 0.372. The lowest BCUT2D eigenvalue weighted by atomic mass is 10.2. The quantitative estimate of drug-likeness (QED) is 0.756. The highest BCUT2D eigenvalue weighted by molar-refractivity contribution is 9.10. The summed E-state index contributed by atoms with van der Waals surface area (Å²) in [6.07, 6.45) is 0. The molecule has 0 amide bonds. The van der Waals surface area contributed by atoms with Gasteiger partial charge in [-0.2, -0.15) is 0 Å². The van der Waals surface area contributed by atoms with Crippen molar-refractivity contribution in [3.63, 3.8) is 0 Å². The second-order valence-electron chi connectivity index (χ2n) is 4.48. The third kappa shape index (κ3) is 2.42. The maximum atomic E-state index is 9.86. The molecule has 1 aromatic heterocycles. The minimum atomic E-state index is 0.0685. The molecule has 0 atom stereocenters. The van der Waals surface area contributed by atoms with E-state index < -0.39 is 0 Å². The Kier molecular flexibility index (Phi) is 3.47. The summed E-state index contributed by atoms with van der Waals surface area (Å²) in [7, 11) is 3.13. The van der Waals surface area contributed by atoms with Gasteiger partial charge >= 0.3 is 0 Å². The molecule has 0 spiro atoms. The highest BCUT2D eigenvalue weighted by Gasteiger charge is 2.12. The van der Waals surface area contributed by atoms with E-state index in [1.807, 2.05) is 18.2 Å². The molecule has 5 nitrogen and oxygen atoms in total. The number of rotatable bonds is 3. The third-order valence-corrected chi connectivity index (χ3v) is 3.82. The monoisotopic (exact) mass is 348 g/mol. The molecule has 2 N–H and O–H groups in total. The second kappa shape index (κ2) is 5.29. The molecule has 0 saturated heterocycles. The van der Waals surface area contributed by atoms with E-state index in [0.29, 0.717) is 16.0 Å². The second-order valence-corrected chi connectivity index (χ2v) is 5.33. The molecule has 6 heteroatoms. The number of hydrogen-bond acceptors (Lipinski definition) is 4. The zero-order chi connectivity index (χ0) is 15.0. The summed E-state index contributed by atoms with van der Waals surface area (Å²) < 4.78 is 10.9. The summed E-state index contributed by atoms with van der Waals surface area (Å²) in [5, 5.41) is 9.86. The van der Waals surface area contributed by atoms with Crippen molar-refractivity contribution < 1.29 is 14.6 Å². The van der Waals surface area contributed by atoms with Gasteiger partial charge in [-0.25, -0.2) is 4.98 Å². The number of nitrogens with zero attached hydrogens (tertiary/aromatic N) is 1. The maximum absolute atomic E-state index is 9.86. The zero-order valence-electron chi connectivity index (χ0n) is 11.5. The maximum Gasteiger partial charge on any atom is 0.172 e. The van der Waals surface area contributed by atoms with Gasteiger partial charge in [0.2, 0.25) is 0 Å². The molecular formula is C15H13BrN2O3. The number of phenolic OH excluding ortho intramolecular Hbond substituents is 1. The molecule has 0 aliphatic carbocycles. The first-order valence-electron chi connectivity index (χ1n) is 6.23. The first kappa shape index (κ1) is 13.8. The highest BCUT2D eigenvalue weighted by Crippen LogP contribution is 2.38. The van der Waals surface area contributed by atoms with Crippen LogP contribution < -0.4 is 9.47 Å². The van der Waals surface area contributed by atoms with E-state index in [2.05, 4.69) is 25.9 Å². The van der Waals surface area contributed by atoms with Crippen LogP contribution in [-0.2, 0) is 0 Å². The summed E-state index contributed by atoms with van der Waals surface area (Å²) in [4.78, 5) is 7.77. The van der Waals surface area contributed by atoms with Crippen LogP contribution in [0.15, 0.2) is 34.8 Å². The van der Waals surface area contributed by atoms with Gasteiger partial charge in [0.25, 0.3) is 0 Å². The summed E-state index contributed by atoms with van der Waals surface area (Å²) in [6, 6.07) is 9.15. The van der Waals surface area contributed by atoms with Gasteiger partial charge in [0, 0.05) is 11.6 Å². The number of methoxy groups -OCH3 is 2. The van der Waals surface area contributed by atoms with Crippen LogP contribution in [0.25, 0.3) is 22.4 Å². The van der Waals surface area contributed by atoms with Crippen LogP contribution >= 0.6 is 15.9 Å². The Morgan fingerprint density at radius 3 is 2.67 bits per heavy atom. The van der Waals surface area contributed by atoms with Gasteiger partial charge in [0.05, 0.1) is 29.7 Å². The van der Waals surface area contributed by atoms with Crippen molar-refractivity contribution in [2.75, 3.05) is 14.2 Å². The van der Waals surface area contributed by atoms with E-state index in [4.69, 9.17) is 9.47 Å². The van der Waals surface area contributed by atoms with Crippen LogP contribution in [0.3, 0.4) is 0 Å². The lowest BCUT2D eigenvalue weighted by Crippen LogP contribution is -1.87. The van der Waals surface area contributed by atoms with Crippen LogP contribution in [0, 0.1) is 0 Å². The molecule has 0 unspecified atom stereocenters. The molecule has 0 bridgehead atoms. The van der Waals surface area contributed by atoms with Crippen molar-refractivity contribution in [3.8, 4) is 28.6 Å². The van der Waals surface area contributed by atoms with E-state index in [1.54, 1.807) is 19.2 Å². The average molecular weight is 349 g/mol. The molecule has 108 valence electrons. The van der Waals surface area contributed by atoms with Crippen LogP contribution in [0.1, 0.15) is 0 Å². The lowest BCUT2D eigenvalue weighted by Gasteiger charge is -2.07. The fourth-order valence-electron chi connectivity index (χ4n) is 2.12. The third-order valence-electron chi connectivity index (χ3n) is 3.21. The van der Waals surface area contributed by atoms with Gasteiger partial charge in [0.15, 0.2) is 11.5 Å². The van der Waals surface area contributed by atoms with Gasteiger partial charge < -0.3 is 19.6 Å². The zero-order valence-corrected chi connectivity index (χ0v) is 13.1. The number of H-pyrrole nitrogens is 1. The predicted octanol–water partition coefficient (Wildman–Crippen LogP) is 3.72. The number of phenols is 1. The van der Waals surface area contributed by atoms with Crippen molar-refractivity contribution in [1.29, 1.82) is 0 Å². The molecule has 3 aromatic rings. The van der Waals surface area contributed by atoms with E-state index >= 15 is 0 Å². The first-order valence-corrected chi connectivity index (χ1v) is 7.02. The molecule has 2 aromatic carbocycles. The van der Waals surface area contributed by atoms with E-state index in [1.165, 1.54) is 7.11 Å². The van der Waals surface area contributed by atoms with Crippen LogP contribution in [0.5, 0.6) is 17.2 Å². The summed E-state index contributed by atoms with van der Waals surface area (Å²) >= 11 is 3.31. The Labute approximate surface area is 129 Å². The van der Waals surface area contributed by atoms with Gasteiger partial charge in [-0.05, 0) is 40.2 Å². The predicted molar refractivity (Wildman–Crippen MR) is 84.0 cm³/mol. The summed E-state index contributed by atoms with van der Waals surface area (Å²) in [5.41, 5.74) is 2.54. The van der Waals surface area contributed by atoms with E-state index in [-0.39, 0.29) is 5.75 Å². The number of aromatic hydroxyl groups is 1. The summed E-state index contributed by atoms with van der Waals surface area (Å²) in [6.45, 7) is 0. The van der Waals surface area contributed by atoms with Crippen LogP contribution in [-0.4, -0.2) is 29.3 Å². The molecular weight excluding hydrogens is 336 g/mol. The molecule has 1 heterocycles. The Morgan fingerprint density at radius 1 is 1.14 bits per heavy atom. The smallest absolute Gasteiger partial charge is 0.172 e. The number of halogens is 1. The standard InChI is InChI=1S/C15H13BrN2O3/c1-20-9-3-4-11-12(7-9)18-15(17-11)8-5-10(16)14(19)13(6-8)21-2/h3-7,19H,1-2H3,(H,17,18). The summed E-state index contributed by atoms with van der Waals surface area (Å²) in [5.74, 6) is 1.91. The fourth-order valence-corrected chi connectivity index (χ4v) is 2.56. The fraction of sp³-hybridized carbons (Fsp3) is 0.133. The Hall–Kier alpha value is -2.21. The van der Waals surface area contributed by atoms with Crippen molar-refractivity contribution in [1.82, 2.24) is 9.97 Å². The Balaban J connectivity index is 2.14. The first-order chi connectivity index (χ1) is 10.1. The molecule has 0 radical (unpaired) electrons. The van der Waals surface area contributed by atoms with Gasteiger partial charge in [-0.3, -0.25) is 0 Å². The number of aromatic amines is 1. The molecule has 21 heavy (non-hydrogen) atoms. The number of aromatic nitrogens is 2. The number of ether oxygens (including phenoxy) is 2. The van der Waals surface area contributed by atoms with Crippen molar-refractivity contribution in [3.05, 3.63) is 34.8 Å². The van der Waals surface area contributed by atoms with Gasteiger partial charge in [-0.1, -0.05) is 0 Å². The molecule has 0 aliphatic rings. The van der Waals surface area contributed by atoms with Crippen molar-refractivity contribution in [2.45, 2.75) is 0 Å². The number of nitrogens with one attached hydrogen (secondary N) is 1. The highest BCUT2D eigenvalue weighted by atomic mass is 79.9. The minimum absolute atomic E-state index is 0.0685. The van der Waals surface area contributed by atoms with Crippen molar-refractivity contribution in [2.24, 2.45) is 0 Å². The Bertz CT molecular complexity index is 814. The molecule has 0 saturated carbocycles. The van der Waals surface area contributed by atoms with Crippen LogP contribution in [0.4, 0.5) is 0 Å².